The molecule has 2 aromatic rings. The lowest BCUT2D eigenvalue weighted by molar-refractivity contribution is -0.119. The Hall–Kier alpha value is -1.52. The Bertz CT molecular complexity index is 568. The first kappa shape index (κ1) is 13.9. The van der Waals surface area contributed by atoms with Crippen LogP contribution in [0.15, 0.2) is 35.7 Å². The van der Waals surface area contributed by atoms with Crippen LogP contribution in [0.25, 0.3) is 0 Å². The molecule has 1 aromatic heterocycles. The highest BCUT2D eigenvalue weighted by Gasteiger charge is 2.06. The third-order valence-corrected chi connectivity index (χ3v) is 4.01. The zero-order valence-electron chi connectivity index (χ0n) is 10.6. The van der Waals surface area contributed by atoms with E-state index in [-0.39, 0.29) is 5.91 Å². The summed E-state index contributed by atoms with van der Waals surface area (Å²) in [5.74, 6) is 0.00779. The quantitative estimate of drug-likeness (QED) is 0.888. The third-order valence-electron chi connectivity index (χ3n) is 2.72. The maximum atomic E-state index is 11.5. The van der Waals surface area contributed by atoms with Crippen molar-refractivity contribution in [3.05, 3.63) is 51.2 Å². The number of likely N-dealkylation sites (N-methyl/N-ethyl adjacent to an activating group) is 1. The zero-order chi connectivity index (χ0) is 13.7. The third kappa shape index (κ3) is 3.98. The lowest BCUT2D eigenvalue weighted by atomic mass is 10.1. The van der Waals surface area contributed by atoms with Crippen molar-refractivity contribution in [2.45, 2.75) is 13.0 Å². The van der Waals surface area contributed by atoms with E-state index in [1.54, 1.807) is 18.4 Å². The molecule has 0 bridgehead atoms. The molecular weight excluding hydrogens is 280 g/mol. The Morgan fingerprint density at radius 3 is 2.84 bits per heavy atom. The van der Waals surface area contributed by atoms with Crippen molar-refractivity contribution in [2.75, 3.05) is 12.4 Å². The summed E-state index contributed by atoms with van der Waals surface area (Å²) >= 11 is 7.51. The molecule has 0 radical (unpaired) electrons. The molecule has 5 heteroatoms. The zero-order valence-corrected chi connectivity index (χ0v) is 12.1. The van der Waals surface area contributed by atoms with Crippen molar-refractivity contribution in [2.24, 2.45) is 0 Å². The summed E-state index contributed by atoms with van der Waals surface area (Å²) in [4.78, 5) is 12.6. The molecule has 1 amide bonds. The van der Waals surface area contributed by atoms with E-state index in [9.17, 15) is 4.79 Å². The minimum absolute atomic E-state index is 0.00779. The second kappa shape index (κ2) is 6.59. The molecule has 1 heterocycles. The van der Waals surface area contributed by atoms with Gasteiger partial charge in [-0.15, -0.1) is 11.3 Å². The van der Waals surface area contributed by atoms with Crippen LogP contribution in [0.2, 0.25) is 5.02 Å². The minimum Gasteiger partial charge on any atom is -0.380 e. The predicted molar refractivity (Wildman–Crippen MR) is 80.9 cm³/mol. The van der Waals surface area contributed by atoms with Crippen LogP contribution < -0.4 is 10.6 Å². The first-order valence-corrected chi connectivity index (χ1v) is 7.20. The van der Waals surface area contributed by atoms with Gasteiger partial charge in [0.25, 0.3) is 0 Å². The highest BCUT2D eigenvalue weighted by molar-refractivity contribution is 7.10. The van der Waals surface area contributed by atoms with E-state index in [0.29, 0.717) is 13.0 Å². The smallest absolute Gasteiger partial charge is 0.224 e. The average Bonchev–Trinajstić information content (AvgIpc) is 2.83. The number of amides is 1. The molecule has 2 rings (SSSR count). The normalized spacial score (nSPS) is 10.2. The summed E-state index contributed by atoms with van der Waals surface area (Å²) in [5, 5.41) is 8.66. The summed E-state index contributed by atoms with van der Waals surface area (Å²) in [7, 11) is 1.64. The molecule has 0 aliphatic rings. The van der Waals surface area contributed by atoms with Crippen LogP contribution in [-0.4, -0.2) is 13.0 Å². The summed E-state index contributed by atoms with van der Waals surface area (Å²) in [5.41, 5.74) is 1.97. The van der Waals surface area contributed by atoms with E-state index in [4.69, 9.17) is 11.6 Å². The van der Waals surface area contributed by atoms with Crippen LogP contribution in [0, 0.1) is 0 Å². The second-order valence-electron chi connectivity index (χ2n) is 4.09. The molecule has 0 saturated heterocycles. The Kier molecular flexibility index (Phi) is 4.82. The molecule has 0 atom stereocenters. The van der Waals surface area contributed by atoms with Crippen LogP contribution in [0.5, 0.6) is 0 Å². The minimum atomic E-state index is 0.00779. The number of hydrogen-bond acceptors (Lipinski definition) is 3. The van der Waals surface area contributed by atoms with E-state index < -0.39 is 0 Å². The van der Waals surface area contributed by atoms with Crippen LogP contribution in [0.3, 0.4) is 0 Å². The number of nitrogens with one attached hydrogen (secondary N) is 2. The van der Waals surface area contributed by atoms with Crippen LogP contribution in [0.4, 0.5) is 5.69 Å². The highest BCUT2D eigenvalue weighted by Crippen LogP contribution is 2.22. The van der Waals surface area contributed by atoms with Gasteiger partial charge < -0.3 is 10.6 Å². The largest absolute Gasteiger partial charge is 0.380 e. The molecule has 0 spiro atoms. The van der Waals surface area contributed by atoms with Gasteiger partial charge in [0.2, 0.25) is 5.91 Å². The summed E-state index contributed by atoms with van der Waals surface area (Å²) in [6.45, 7) is 0.710. The fourth-order valence-corrected chi connectivity index (χ4v) is 2.75. The van der Waals surface area contributed by atoms with E-state index >= 15 is 0 Å². The maximum absolute atomic E-state index is 11.5. The van der Waals surface area contributed by atoms with Crippen molar-refractivity contribution >= 4 is 34.5 Å². The standard InChI is InChI=1S/C14H15ClN2OS/c1-16-14(18)6-10-4-2-3-5-13(10)17-8-12-7-11(15)9-19-12/h2-5,7,9,17H,6,8H2,1H3,(H,16,18). The van der Waals surface area contributed by atoms with Crippen molar-refractivity contribution in [3.63, 3.8) is 0 Å². The fourth-order valence-electron chi connectivity index (χ4n) is 1.74. The molecule has 0 unspecified atom stereocenters. The number of hydrogen-bond donors (Lipinski definition) is 2. The van der Waals surface area contributed by atoms with Crippen LogP contribution >= 0.6 is 22.9 Å². The first-order chi connectivity index (χ1) is 9.19. The molecule has 0 saturated carbocycles. The van der Waals surface area contributed by atoms with Crippen LogP contribution in [0.1, 0.15) is 10.4 Å². The van der Waals surface area contributed by atoms with E-state index in [1.807, 2.05) is 35.7 Å². The van der Waals surface area contributed by atoms with Crippen LogP contribution in [-0.2, 0) is 17.8 Å². The number of anilines is 1. The summed E-state index contributed by atoms with van der Waals surface area (Å²) in [6.07, 6.45) is 0.380. The molecule has 0 fully saturated rings. The number of rotatable bonds is 5. The molecule has 2 N–H and O–H groups in total. The molecule has 0 aliphatic carbocycles. The van der Waals surface area contributed by atoms with Gasteiger partial charge in [-0.1, -0.05) is 29.8 Å². The van der Waals surface area contributed by atoms with Crippen molar-refractivity contribution in [1.29, 1.82) is 0 Å². The van der Waals surface area contributed by atoms with Crippen molar-refractivity contribution in [1.82, 2.24) is 5.32 Å². The Morgan fingerprint density at radius 2 is 2.16 bits per heavy atom. The number of benzene rings is 1. The number of para-hydroxylation sites is 1. The van der Waals surface area contributed by atoms with Gasteiger partial charge in [-0.25, -0.2) is 0 Å². The Labute approximate surface area is 121 Å². The van der Waals surface area contributed by atoms with Gasteiger partial charge in [0.05, 0.1) is 11.4 Å². The van der Waals surface area contributed by atoms with Gasteiger partial charge in [-0.3, -0.25) is 4.79 Å². The molecule has 100 valence electrons. The lowest BCUT2D eigenvalue weighted by Gasteiger charge is -2.10. The van der Waals surface area contributed by atoms with Gasteiger partial charge in [0, 0.05) is 29.5 Å². The lowest BCUT2D eigenvalue weighted by Crippen LogP contribution is -2.20. The maximum Gasteiger partial charge on any atom is 0.224 e. The molecule has 19 heavy (non-hydrogen) atoms. The van der Waals surface area contributed by atoms with E-state index in [1.165, 1.54) is 4.88 Å². The SMILES string of the molecule is CNC(=O)Cc1ccccc1NCc1cc(Cl)cs1. The summed E-state index contributed by atoms with van der Waals surface area (Å²) < 4.78 is 0. The first-order valence-electron chi connectivity index (χ1n) is 5.94. The monoisotopic (exact) mass is 294 g/mol. The Balaban J connectivity index is 2.05. The molecule has 3 nitrogen and oxygen atoms in total. The number of carbonyl (C=O) groups excluding carboxylic acids is 1. The second-order valence-corrected chi connectivity index (χ2v) is 5.52. The number of thiophene rings is 1. The Morgan fingerprint density at radius 1 is 1.37 bits per heavy atom. The van der Waals surface area contributed by atoms with Gasteiger partial charge in [0.1, 0.15) is 0 Å². The molecular formula is C14H15ClN2OS. The van der Waals surface area contributed by atoms with Gasteiger partial charge in [0.15, 0.2) is 0 Å². The fraction of sp³-hybridized carbons (Fsp3) is 0.214. The highest BCUT2D eigenvalue weighted by atomic mass is 35.5. The number of halogens is 1. The summed E-state index contributed by atoms with van der Waals surface area (Å²) in [6, 6.07) is 9.77. The molecule has 1 aromatic carbocycles. The topological polar surface area (TPSA) is 41.1 Å². The number of carbonyl (C=O) groups is 1. The van der Waals surface area contributed by atoms with Gasteiger partial charge in [-0.2, -0.15) is 0 Å². The van der Waals surface area contributed by atoms with E-state index in [0.717, 1.165) is 16.3 Å². The molecule has 0 aliphatic heterocycles. The van der Waals surface area contributed by atoms with Crippen molar-refractivity contribution < 1.29 is 4.79 Å². The van der Waals surface area contributed by atoms with Gasteiger partial charge >= 0.3 is 0 Å². The predicted octanol–water partition coefficient (Wildman–Crippen LogP) is 3.30. The average molecular weight is 295 g/mol. The van der Waals surface area contributed by atoms with E-state index in [2.05, 4.69) is 10.6 Å². The van der Waals surface area contributed by atoms with Crippen molar-refractivity contribution in [3.8, 4) is 0 Å². The van der Waals surface area contributed by atoms with Gasteiger partial charge in [-0.05, 0) is 17.7 Å².